The van der Waals surface area contributed by atoms with Crippen LogP contribution in [-0.2, 0) is 9.59 Å². The Kier molecular flexibility index (Phi) is 5.52. The van der Waals surface area contributed by atoms with Gasteiger partial charge in [0.2, 0.25) is 0 Å². The largest absolute Gasteiger partial charge is 0.497 e. The molecular weight excluding hydrogens is 432 g/mol. The summed E-state index contributed by atoms with van der Waals surface area (Å²) < 4.78 is 6.93. The molecule has 160 valence electrons. The van der Waals surface area contributed by atoms with Crippen molar-refractivity contribution in [3.63, 3.8) is 0 Å². The van der Waals surface area contributed by atoms with Crippen LogP contribution in [0.4, 0.5) is 11.4 Å². The number of methoxy groups -OCH3 is 1. The molecule has 1 aliphatic rings. The van der Waals surface area contributed by atoms with Gasteiger partial charge in [-0.3, -0.25) is 29.9 Å². The predicted octanol–water partition coefficient (Wildman–Crippen LogP) is 3.23. The van der Waals surface area contributed by atoms with Crippen LogP contribution in [-0.4, -0.2) is 33.5 Å². The van der Waals surface area contributed by atoms with E-state index < -0.39 is 16.7 Å². The molecule has 2 heterocycles. The summed E-state index contributed by atoms with van der Waals surface area (Å²) in [4.78, 5) is 37.2. The molecule has 0 bridgehead atoms. The van der Waals surface area contributed by atoms with Gasteiger partial charge < -0.3 is 9.30 Å². The number of anilines is 1. The normalized spacial score (nSPS) is 15.1. The Morgan fingerprint density at radius 3 is 2.53 bits per heavy atom. The van der Waals surface area contributed by atoms with Crippen molar-refractivity contribution in [2.75, 3.05) is 12.0 Å². The molecule has 1 fully saturated rings. The maximum absolute atomic E-state index is 13.1. The quantitative estimate of drug-likeness (QED) is 0.211. The fourth-order valence-electron chi connectivity index (χ4n) is 3.21. The molecule has 10 heteroatoms. The molecule has 0 unspecified atom stereocenters. The summed E-state index contributed by atoms with van der Waals surface area (Å²) in [6.07, 6.45) is 4.90. The fraction of sp³-hybridized carbons (Fsp3) is 0.0455. The van der Waals surface area contributed by atoms with E-state index in [0.717, 1.165) is 0 Å². The maximum Gasteiger partial charge on any atom is 0.270 e. The van der Waals surface area contributed by atoms with Gasteiger partial charge in [-0.2, -0.15) is 0 Å². The Labute approximate surface area is 187 Å². The highest BCUT2D eigenvalue weighted by molar-refractivity contribution is 7.80. The van der Waals surface area contributed by atoms with Gasteiger partial charge in [-0.1, -0.05) is 6.07 Å². The molecule has 0 aliphatic carbocycles. The van der Waals surface area contributed by atoms with Crippen LogP contribution in [0, 0.1) is 10.1 Å². The molecule has 4 rings (SSSR count). The molecule has 9 nitrogen and oxygen atoms in total. The number of nitro benzene ring substituents is 1. The van der Waals surface area contributed by atoms with E-state index in [-0.39, 0.29) is 16.4 Å². The number of nitro groups is 1. The summed E-state index contributed by atoms with van der Waals surface area (Å²) in [6.45, 7) is 0. The molecule has 1 aromatic heterocycles. The minimum atomic E-state index is -0.595. The van der Waals surface area contributed by atoms with Crippen LogP contribution in [0.25, 0.3) is 11.8 Å². The van der Waals surface area contributed by atoms with Crippen molar-refractivity contribution in [1.29, 1.82) is 0 Å². The number of thiocarbonyl (C=S) groups is 1. The van der Waals surface area contributed by atoms with E-state index in [0.29, 0.717) is 22.7 Å². The molecule has 2 amide bonds. The van der Waals surface area contributed by atoms with Crippen molar-refractivity contribution in [2.24, 2.45) is 0 Å². The number of nitrogens with zero attached hydrogens (tertiary/aromatic N) is 3. The summed E-state index contributed by atoms with van der Waals surface area (Å²) in [5.41, 5.74) is 1.66. The lowest BCUT2D eigenvalue weighted by atomic mass is 10.1. The fourth-order valence-corrected chi connectivity index (χ4v) is 3.49. The number of non-ortho nitro benzene ring substituents is 1. The van der Waals surface area contributed by atoms with Gasteiger partial charge in [-0.05, 0) is 54.2 Å². The molecule has 0 radical (unpaired) electrons. The maximum atomic E-state index is 13.1. The summed E-state index contributed by atoms with van der Waals surface area (Å²) >= 11 is 5.21. The topological polar surface area (TPSA) is 107 Å². The number of aromatic nitrogens is 1. The molecule has 1 saturated heterocycles. The van der Waals surface area contributed by atoms with Gasteiger partial charge in [0.25, 0.3) is 17.5 Å². The van der Waals surface area contributed by atoms with Crippen molar-refractivity contribution in [3.8, 4) is 11.4 Å². The average Bonchev–Trinajstić information content (AvgIpc) is 3.25. The summed E-state index contributed by atoms with van der Waals surface area (Å²) in [6, 6.07) is 14.5. The summed E-state index contributed by atoms with van der Waals surface area (Å²) in [7, 11) is 1.51. The highest BCUT2D eigenvalue weighted by Crippen LogP contribution is 2.26. The number of nitrogens with one attached hydrogen (secondary N) is 1. The summed E-state index contributed by atoms with van der Waals surface area (Å²) in [5, 5.41) is 13.3. The molecule has 32 heavy (non-hydrogen) atoms. The van der Waals surface area contributed by atoms with Crippen LogP contribution in [0.3, 0.4) is 0 Å². The van der Waals surface area contributed by atoms with E-state index in [9.17, 15) is 19.7 Å². The lowest BCUT2D eigenvalue weighted by Gasteiger charge is -2.29. The zero-order chi connectivity index (χ0) is 22.8. The zero-order valence-electron chi connectivity index (χ0n) is 16.7. The van der Waals surface area contributed by atoms with Gasteiger partial charge in [0.1, 0.15) is 11.3 Å². The molecule has 3 aromatic rings. The molecule has 1 aliphatic heterocycles. The molecule has 0 atom stereocenters. The van der Waals surface area contributed by atoms with Crippen molar-refractivity contribution in [1.82, 2.24) is 9.88 Å². The number of amides is 2. The molecule has 1 N–H and O–H groups in total. The van der Waals surface area contributed by atoms with Gasteiger partial charge in [-0.25, -0.2) is 0 Å². The molecule has 0 saturated carbocycles. The Morgan fingerprint density at radius 2 is 1.84 bits per heavy atom. The van der Waals surface area contributed by atoms with Crippen LogP contribution in [0.2, 0.25) is 0 Å². The van der Waals surface area contributed by atoms with Crippen molar-refractivity contribution < 1.29 is 19.2 Å². The van der Waals surface area contributed by atoms with Gasteiger partial charge in [0.15, 0.2) is 5.11 Å². The van der Waals surface area contributed by atoms with E-state index in [1.165, 1.54) is 30.2 Å². The van der Waals surface area contributed by atoms with Crippen molar-refractivity contribution >= 4 is 46.6 Å². The van der Waals surface area contributed by atoms with Crippen LogP contribution in [0.1, 0.15) is 5.56 Å². The van der Waals surface area contributed by atoms with Gasteiger partial charge in [0, 0.05) is 36.3 Å². The molecule has 0 spiro atoms. The highest BCUT2D eigenvalue weighted by atomic mass is 32.1. The first kappa shape index (κ1) is 20.9. The second-order valence-electron chi connectivity index (χ2n) is 6.78. The number of rotatable bonds is 5. The minimum Gasteiger partial charge on any atom is -0.497 e. The lowest BCUT2D eigenvalue weighted by molar-refractivity contribution is -0.384. The van der Waals surface area contributed by atoms with E-state index in [1.54, 1.807) is 59.4 Å². The number of ether oxygens (including phenoxy) is 1. The van der Waals surface area contributed by atoms with Gasteiger partial charge in [0.05, 0.1) is 17.7 Å². The number of carbonyl (C=O) groups is 2. The lowest BCUT2D eigenvalue weighted by Crippen LogP contribution is -2.54. The summed E-state index contributed by atoms with van der Waals surface area (Å²) in [5.74, 6) is -0.613. The smallest absolute Gasteiger partial charge is 0.270 e. The second kappa shape index (κ2) is 8.44. The highest BCUT2D eigenvalue weighted by Gasteiger charge is 2.34. The first-order chi connectivity index (χ1) is 15.4. The minimum absolute atomic E-state index is 0.0127. The van der Waals surface area contributed by atoms with Crippen LogP contribution in [0.5, 0.6) is 5.75 Å². The monoisotopic (exact) mass is 448 g/mol. The third kappa shape index (κ3) is 3.98. The average molecular weight is 448 g/mol. The van der Waals surface area contributed by atoms with Crippen LogP contribution >= 0.6 is 12.2 Å². The van der Waals surface area contributed by atoms with E-state index in [2.05, 4.69) is 5.32 Å². The predicted molar refractivity (Wildman–Crippen MR) is 122 cm³/mol. The first-order valence-corrected chi connectivity index (χ1v) is 9.76. The number of benzene rings is 2. The third-order valence-electron chi connectivity index (χ3n) is 4.80. The van der Waals surface area contributed by atoms with E-state index >= 15 is 0 Å². The van der Waals surface area contributed by atoms with Crippen molar-refractivity contribution in [2.45, 2.75) is 0 Å². The number of hydrogen-bond acceptors (Lipinski definition) is 6. The van der Waals surface area contributed by atoms with Crippen molar-refractivity contribution in [3.05, 3.63) is 88.2 Å². The van der Waals surface area contributed by atoms with Crippen LogP contribution < -0.4 is 15.0 Å². The Morgan fingerprint density at radius 1 is 1.09 bits per heavy atom. The molecule has 2 aromatic carbocycles. The zero-order valence-corrected chi connectivity index (χ0v) is 17.5. The van der Waals surface area contributed by atoms with E-state index in [1.807, 2.05) is 0 Å². The third-order valence-corrected chi connectivity index (χ3v) is 5.08. The van der Waals surface area contributed by atoms with Crippen LogP contribution in [0.15, 0.2) is 72.6 Å². The first-order valence-electron chi connectivity index (χ1n) is 9.36. The standard InChI is InChI=1S/C22H16N4O5S/c1-31-18-4-2-3-17(12-18)25-21(28)19(20(27)23-22(25)32)11-14-9-10-24(13-14)15-5-7-16(8-6-15)26(29)30/h2-13H,1H3,(H,23,27,32)/b19-11-. The Balaban J connectivity index is 1.64. The second-order valence-corrected chi connectivity index (χ2v) is 7.17. The molecular formula is C22H16N4O5S. The Bertz CT molecular complexity index is 1280. The van der Waals surface area contributed by atoms with Gasteiger partial charge in [-0.15, -0.1) is 0 Å². The Hall–Kier alpha value is -4.31. The SMILES string of the molecule is COc1cccc(N2C(=O)/C(=C\c3ccn(-c4ccc([N+](=O)[O-])cc4)c3)C(=O)NC2=S)c1. The number of hydrogen-bond donors (Lipinski definition) is 1. The van der Waals surface area contributed by atoms with E-state index in [4.69, 9.17) is 17.0 Å². The van der Waals surface area contributed by atoms with Gasteiger partial charge >= 0.3 is 0 Å². The number of carbonyl (C=O) groups excluding carboxylic acids is 2.